The Labute approximate surface area is 172 Å². The fourth-order valence-corrected chi connectivity index (χ4v) is 1.72. The van der Waals surface area contributed by atoms with Crippen LogP contribution in [0.4, 0.5) is 70.2 Å². The second-order valence-electron chi connectivity index (χ2n) is 6.37. The van der Waals surface area contributed by atoms with Crippen LogP contribution in [-0.4, -0.2) is 71.7 Å². The normalized spacial score (nSPS) is 15.5. The minimum absolute atomic E-state index is 0.673. The molecule has 0 unspecified atom stereocenters. The Morgan fingerprint density at radius 1 is 0.636 bits per heavy atom. The number of halogens is 16. The maximum Gasteiger partial charge on any atom is 0.385 e. The van der Waals surface area contributed by atoms with Crippen molar-refractivity contribution < 1.29 is 84.9 Å². The van der Waals surface area contributed by atoms with Gasteiger partial charge < -0.3 is 9.84 Å². The molecular weight excluding hydrogens is 520 g/mol. The van der Waals surface area contributed by atoms with Gasteiger partial charge in [0.2, 0.25) is 0 Å². The summed E-state index contributed by atoms with van der Waals surface area (Å²) in [5.41, 5.74) is -0.857. The smallest absolute Gasteiger partial charge is 0.385 e. The number of hydrogen-bond donors (Lipinski definition) is 1. The van der Waals surface area contributed by atoms with Gasteiger partial charge in [0.25, 0.3) is 0 Å². The van der Waals surface area contributed by atoms with E-state index in [1.807, 2.05) is 0 Å². The van der Waals surface area contributed by atoms with E-state index in [9.17, 15) is 75.0 Å². The summed E-state index contributed by atoms with van der Waals surface area (Å²) in [5, 5.41) is 7.89. The molecule has 0 spiro atoms. The molecule has 0 aromatic carbocycles. The van der Waals surface area contributed by atoms with Crippen LogP contribution in [0.3, 0.4) is 0 Å². The lowest BCUT2D eigenvalue weighted by atomic mass is 9.88. The van der Waals surface area contributed by atoms with E-state index in [0.29, 0.717) is 6.92 Å². The molecule has 19 heteroatoms. The molecule has 0 aliphatic carbocycles. The third-order valence-electron chi connectivity index (χ3n) is 3.82. The molecule has 0 aromatic heterocycles. The number of carbonyl (C=O) groups excluding carboxylic acids is 1. The minimum atomic E-state index is -8.58. The van der Waals surface area contributed by atoms with E-state index in [0.717, 1.165) is 0 Å². The highest BCUT2D eigenvalue weighted by atomic mass is 19.4. The van der Waals surface area contributed by atoms with Gasteiger partial charge in [-0.05, 0) is 6.92 Å². The van der Waals surface area contributed by atoms with E-state index in [1.165, 1.54) is 0 Å². The standard InChI is InChI=1S/C14H10F16O3/c1-5(2)6(32)33-4-8(17,18)10(21,22)12(25,26)14(29,30)13(27,28)11(23,24)9(19,20)7(15,16)3-31/h31H,1,3-4H2,2H3. The van der Waals surface area contributed by atoms with Crippen molar-refractivity contribution in [2.75, 3.05) is 13.2 Å². The summed E-state index contributed by atoms with van der Waals surface area (Å²) in [5.74, 6) is -65.0. The SMILES string of the molecule is C=C(C)C(=O)OCC(F)(F)C(F)(F)C(F)(F)C(F)(F)C(F)(F)C(F)(F)C(F)(F)C(F)(F)CO. The fourth-order valence-electron chi connectivity index (χ4n) is 1.72. The van der Waals surface area contributed by atoms with E-state index in [1.54, 1.807) is 0 Å². The predicted octanol–water partition coefficient (Wildman–Crippen LogP) is 5.18. The summed E-state index contributed by atoms with van der Waals surface area (Å²) in [6.45, 7) is -3.32. The topological polar surface area (TPSA) is 46.5 Å². The highest BCUT2D eigenvalue weighted by Crippen LogP contribution is 2.63. The molecule has 33 heavy (non-hydrogen) atoms. The highest BCUT2D eigenvalue weighted by Gasteiger charge is 2.94. The van der Waals surface area contributed by atoms with Gasteiger partial charge in [-0.1, -0.05) is 6.58 Å². The molecule has 0 amide bonds. The van der Waals surface area contributed by atoms with Gasteiger partial charge in [-0.2, -0.15) is 70.2 Å². The average Bonchev–Trinajstić information content (AvgIpc) is 2.64. The van der Waals surface area contributed by atoms with Gasteiger partial charge in [0, 0.05) is 5.57 Å². The van der Waals surface area contributed by atoms with Crippen LogP contribution in [-0.2, 0) is 9.53 Å². The zero-order valence-corrected chi connectivity index (χ0v) is 15.4. The average molecular weight is 530 g/mol. The lowest BCUT2D eigenvalue weighted by Crippen LogP contribution is -2.75. The summed E-state index contributed by atoms with van der Waals surface area (Å²) < 4.78 is 216. The molecule has 0 aromatic rings. The number of hydrogen-bond acceptors (Lipinski definition) is 3. The summed E-state index contributed by atoms with van der Waals surface area (Å²) in [6, 6.07) is 0. The highest BCUT2D eigenvalue weighted by molar-refractivity contribution is 5.86. The summed E-state index contributed by atoms with van der Waals surface area (Å²) in [6.07, 6.45) is 0. The minimum Gasteiger partial charge on any atom is -0.456 e. The summed E-state index contributed by atoms with van der Waals surface area (Å²) in [4.78, 5) is 10.9. The van der Waals surface area contributed by atoms with Crippen molar-refractivity contribution in [3.8, 4) is 0 Å². The number of aliphatic hydroxyl groups excluding tert-OH is 1. The molecule has 0 rings (SSSR count). The van der Waals surface area contributed by atoms with Crippen LogP contribution >= 0.6 is 0 Å². The summed E-state index contributed by atoms with van der Waals surface area (Å²) in [7, 11) is 0. The van der Waals surface area contributed by atoms with Gasteiger partial charge in [-0.25, -0.2) is 4.79 Å². The van der Waals surface area contributed by atoms with Crippen LogP contribution < -0.4 is 0 Å². The van der Waals surface area contributed by atoms with Crippen molar-refractivity contribution in [3.05, 3.63) is 12.2 Å². The van der Waals surface area contributed by atoms with E-state index in [-0.39, 0.29) is 0 Å². The first kappa shape index (κ1) is 31.0. The van der Waals surface area contributed by atoms with Gasteiger partial charge in [0.1, 0.15) is 6.61 Å². The van der Waals surface area contributed by atoms with E-state index in [2.05, 4.69) is 11.3 Å². The number of ether oxygens (including phenoxy) is 1. The lowest BCUT2D eigenvalue weighted by molar-refractivity contribution is -0.454. The molecule has 1 N–H and O–H groups in total. The Morgan fingerprint density at radius 2 is 0.909 bits per heavy atom. The number of aliphatic hydroxyl groups is 1. The van der Waals surface area contributed by atoms with Gasteiger partial charge in [-0.15, -0.1) is 0 Å². The molecule has 0 saturated heterocycles. The lowest BCUT2D eigenvalue weighted by Gasteiger charge is -2.43. The van der Waals surface area contributed by atoms with Gasteiger partial charge >= 0.3 is 53.3 Å². The molecule has 3 nitrogen and oxygen atoms in total. The third kappa shape index (κ3) is 4.31. The van der Waals surface area contributed by atoms with Gasteiger partial charge in [-0.3, -0.25) is 0 Å². The Morgan fingerprint density at radius 3 is 1.18 bits per heavy atom. The number of rotatable bonds is 11. The molecule has 0 aliphatic rings. The van der Waals surface area contributed by atoms with Crippen LogP contribution in [0, 0.1) is 0 Å². The van der Waals surface area contributed by atoms with Crippen LogP contribution in [0.25, 0.3) is 0 Å². The van der Waals surface area contributed by atoms with Crippen LogP contribution in [0.5, 0.6) is 0 Å². The van der Waals surface area contributed by atoms with Crippen molar-refractivity contribution in [2.45, 2.75) is 54.3 Å². The number of carbonyl (C=O) groups is 1. The van der Waals surface area contributed by atoms with Crippen molar-refractivity contribution in [3.63, 3.8) is 0 Å². The van der Waals surface area contributed by atoms with E-state index < -0.39 is 72.1 Å². The molecule has 0 fully saturated rings. The maximum atomic E-state index is 13.5. The maximum absolute atomic E-state index is 13.5. The largest absolute Gasteiger partial charge is 0.456 e. The Hall–Kier alpha value is -1.95. The van der Waals surface area contributed by atoms with Crippen molar-refractivity contribution >= 4 is 5.97 Å². The molecule has 196 valence electrons. The first-order chi connectivity index (χ1) is 14.1. The quantitative estimate of drug-likeness (QED) is 0.228. The van der Waals surface area contributed by atoms with E-state index >= 15 is 0 Å². The molecule has 0 atom stereocenters. The Bertz CT molecular complexity index is 758. The molecule has 0 radical (unpaired) electrons. The monoisotopic (exact) mass is 530 g/mol. The first-order valence-corrected chi connectivity index (χ1v) is 7.60. The van der Waals surface area contributed by atoms with E-state index in [4.69, 9.17) is 5.11 Å². The van der Waals surface area contributed by atoms with Crippen molar-refractivity contribution in [1.29, 1.82) is 0 Å². The zero-order chi connectivity index (χ0) is 27.3. The van der Waals surface area contributed by atoms with Crippen LogP contribution in [0.2, 0.25) is 0 Å². The van der Waals surface area contributed by atoms with Gasteiger partial charge in [0.05, 0.1) is 0 Å². The second kappa shape index (κ2) is 8.37. The Balaban J connectivity index is 6.58. The summed E-state index contributed by atoms with van der Waals surface area (Å²) >= 11 is 0. The molecule has 0 bridgehead atoms. The third-order valence-corrected chi connectivity index (χ3v) is 3.82. The predicted molar refractivity (Wildman–Crippen MR) is 72.4 cm³/mol. The van der Waals surface area contributed by atoms with Crippen molar-refractivity contribution in [2.24, 2.45) is 0 Å². The first-order valence-electron chi connectivity index (χ1n) is 7.60. The number of esters is 1. The zero-order valence-electron chi connectivity index (χ0n) is 15.4. The number of alkyl halides is 16. The molecular formula is C14H10F16O3. The fraction of sp³-hybridized carbons (Fsp3) is 0.786. The van der Waals surface area contributed by atoms with Gasteiger partial charge in [0.15, 0.2) is 6.61 Å². The second-order valence-corrected chi connectivity index (χ2v) is 6.37. The molecule has 0 heterocycles. The molecule has 0 aliphatic heterocycles. The molecule has 0 saturated carbocycles. The Kier molecular flexibility index (Phi) is 7.87. The van der Waals surface area contributed by atoms with Crippen LogP contribution in [0.1, 0.15) is 6.92 Å². The van der Waals surface area contributed by atoms with Crippen molar-refractivity contribution in [1.82, 2.24) is 0 Å². The van der Waals surface area contributed by atoms with Crippen LogP contribution in [0.15, 0.2) is 12.2 Å².